The summed E-state index contributed by atoms with van der Waals surface area (Å²) < 4.78 is 12.8. The van der Waals surface area contributed by atoms with Crippen molar-refractivity contribution in [3.63, 3.8) is 0 Å². The third-order valence-corrected chi connectivity index (χ3v) is 3.37. The Bertz CT molecular complexity index is 873. The number of nitrogens with two attached hydrogens (primary N) is 1. The summed E-state index contributed by atoms with van der Waals surface area (Å²) >= 11 is 0. The molecule has 3 rings (SSSR count). The number of benzene rings is 1. The molecular formula is C16H16N4O3. The number of nitrogens with zero attached hydrogens (tertiary/aromatic N) is 3. The second-order valence-corrected chi connectivity index (χ2v) is 5.11. The van der Waals surface area contributed by atoms with Crippen LogP contribution in [-0.2, 0) is 11.2 Å². The highest BCUT2D eigenvalue weighted by Crippen LogP contribution is 2.29. The molecule has 0 saturated heterocycles. The summed E-state index contributed by atoms with van der Waals surface area (Å²) in [6.07, 6.45) is 1.66. The first-order chi connectivity index (χ1) is 11.1. The minimum Gasteiger partial charge on any atom is -0.481 e. The predicted molar refractivity (Wildman–Crippen MR) is 83.7 cm³/mol. The van der Waals surface area contributed by atoms with Crippen LogP contribution in [0, 0.1) is 6.92 Å². The third kappa shape index (κ3) is 3.08. The maximum absolute atomic E-state index is 11.0. The first-order valence-electron chi connectivity index (χ1n) is 7.00. The van der Waals surface area contributed by atoms with Crippen LogP contribution < -0.4 is 15.2 Å². The molecule has 3 aromatic rings. The van der Waals surface area contributed by atoms with Crippen LogP contribution >= 0.6 is 0 Å². The number of aromatic nitrogens is 3. The van der Waals surface area contributed by atoms with Gasteiger partial charge in [0.2, 0.25) is 11.8 Å². The van der Waals surface area contributed by atoms with Crippen molar-refractivity contribution in [3.8, 4) is 17.4 Å². The molecule has 0 unspecified atom stereocenters. The molecule has 0 saturated carbocycles. The number of amides is 1. The van der Waals surface area contributed by atoms with E-state index in [-0.39, 0.29) is 12.3 Å². The predicted octanol–water partition coefficient (Wildman–Crippen LogP) is 1.87. The molecule has 0 spiro atoms. The zero-order valence-electron chi connectivity index (χ0n) is 12.8. The molecule has 0 aliphatic rings. The fraction of sp³-hybridized carbons (Fsp3) is 0.188. The van der Waals surface area contributed by atoms with Gasteiger partial charge in [0.05, 0.1) is 13.5 Å². The highest BCUT2D eigenvalue weighted by Gasteiger charge is 2.10. The van der Waals surface area contributed by atoms with E-state index in [1.54, 1.807) is 23.8 Å². The molecule has 1 aromatic carbocycles. The molecule has 2 N–H and O–H groups in total. The van der Waals surface area contributed by atoms with E-state index in [0.717, 1.165) is 11.1 Å². The zero-order valence-corrected chi connectivity index (χ0v) is 12.8. The maximum atomic E-state index is 11.0. The average Bonchev–Trinajstić information content (AvgIpc) is 2.97. The normalized spacial score (nSPS) is 10.7. The Morgan fingerprint density at radius 2 is 2.13 bits per heavy atom. The lowest BCUT2D eigenvalue weighted by Gasteiger charge is -2.11. The number of rotatable bonds is 5. The summed E-state index contributed by atoms with van der Waals surface area (Å²) in [6, 6.07) is 9.02. The van der Waals surface area contributed by atoms with Crippen LogP contribution in [0.15, 0.2) is 36.7 Å². The highest BCUT2D eigenvalue weighted by atomic mass is 16.5. The smallest absolute Gasteiger partial charge is 0.221 e. The summed E-state index contributed by atoms with van der Waals surface area (Å²) in [5.74, 6) is 1.44. The monoisotopic (exact) mass is 312 g/mol. The van der Waals surface area contributed by atoms with Crippen molar-refractivity contribution in [2.75, 3.05) is 7.11 Å². The topological polar surface area (TPSA) is 91.7 Å². The van der Waals surface area contributed by atoms with Crippen molar-refractivity contribution in [1.82, 2.24) is 14.6 Å². The number of primary amides is 1. The van der Waals surface area contributed by atoms with Gasteiger partial charge in [-0.15, -0.1) is 0 Å². The van der Waals surface area contributed by atoms with Gasteiger partial charge in [0, 0.05) is 12.1 Å². The van der Waals surface area contributed by atoms with Crippen LogP contribution in [0.1, 0.15) is 11.1 Å². The Labute approximate surface area is 132 Å². The lowest BCUT2D eigenvalue weighted by atomic mass is 10.1. The van der Waals surface area contributed by atoms with E-state index in [1.165, 1.54) is 6.33 Å². The van der Waals surface area contributed by atoms with E-state index in [1.807, 2.05) is 25.1 Å². The van der Waals surface area contributed by atoms with Gasteiger partial charge in [-0.25, -0.2) is 4.98 Å². The number of hydrogen-bond acceptors (Lipinski definition) is 5. The van der Waals surface area contributed by atoms with Crippen LogP contribution in [0.3, 0.4) is 0 Å². The maximum Gasteiger partial charge on any atom is 0.221 e. The fourth-order valence-electron chi connectivity index (χ4n) is 2.34. The van der Waals surface area contributed by atoms with Gasteiger partial charge >= 0.3 is 0 Å². The van der Waals surface area contributed by atoms with Crippen molar-refractivity contribution in [2.24, 2.45) is 5.73 Å². The zero-order chi connectivity index (χ0) is 16.4. The van der Waals surface area contributed by atoms with Crippen LogP contribution in [0.2, 0.25) is 0 Å². The van der Waals surface area contributed by atoms with Crippen molar-refractivity contribution in [1.29, 1.82) is 0 Å². The minimum atomic E-state index is -0.361. The van der Waals surface area contributed by atoms with Gasteiger partial charge in [0.1, 0.15) is 17.8 Å². The van der Waals surface area contributed by atoms with E-state index >= 15 is 0 Å². The van der Waals surface area contributed by atoms with Crippen molar-refractivity contribution in [3.05, 3.63) is 47.8 Å². The SMILES string of the molecule is COc1cc(Oc2ccc(CC(N)=O)cc2C)cc2ncnn12. The summed E-state index contributed by atoms with van der Waals surface area (Å²) in [6.45, 7) is 1.91. The van der Waals surface area contributed by atoms with Crippen LogP contribution in [-0.4, -0.2) is 27.6 Å². The number of aryl methyl sites for hydroxylation is 1. The summed E-state index contributed by atoms with van der Waals surface area (Å²) in [4.78, 5) is 15.1. The molecule has 0 aliphatic carbocycles. The number of methoxy groups -OCH3 is 1. The van der Waals surface area contributed by atoms with E-state index < -0.39 is 0 Å². The quantitative estimate of drug-likeness (QED) is 0.776. The second-order valence-electron chi connectivity index (χ2n) is 5.11. The van der Waals surface area contributed by atoms with Crippen LogP contribution in [0.5, 0.6) is 17.4 Å². The molecule has 0 radical (unpaired) electrons. The summed E-state index contributed by atoms with van der Waals surface area (Å²) in [5, 5.41) is 4.08. The molecule has 2 aromatic heterocycles. The molecule has 1 amide bonds. The van der Waals surface area contributed by atoms with Gasteiger partial charge < -0.3 is 15.2 Å². The number of pyridine rings is 1. The Morgan fingerprint density at radius 1 is 1.30 bits per heavy atom. The van der Waals surface area contributed by atoms with Crippen LogP contribution in [0.25, 0.3) is 5.65 Å². The molecule has 7 nitrogen and oxygen atoms in total. The molecule has 7 heteroatoms. The van der Waals surface area contributed by atoms with E-state index in [2.05, 4.69) is 10.1 Å². The van der Waals surface area contributed by atoms with Gasteiger partial charge in [0.25, 0.3) is 0 Å². The Hall–Kier alpha value is -3.09. The minimum absolute atomic E-state index is 0.209. The van der Waals surface area contributed by atoms with E-state index in [0.29, 0.717) is 23.0 Å². The third-order valence-electron chi connectivity index (χ3n) is 3.37. The molecule has 0 bridgehead atoms. The highest BCUT2D eigenvalue weighted by molar-refractivity contribution is 5.76. The molecule has 0 fully saturated rings. The molecule has 118 valence electrons. The number of hydrogen-bond donors (Lipinski definition) is 1. The number of carbonyl (C=O) groups excluding carboxylic acids is 1. The number of fused-ring (bicyclic) bond motifs is 1. The van der Waals surface area contributed by atoms with Crippen molar-refractivity contribution < 1.29 is 14.3 Å². The van der Waals surface area contributed by atoms with Crippen molar-refractivity contribution >= 4 is 11.6 Å². The number of ether oxygens (including phenoxy) is 2. The molecule has 23 heavy (non-hydrogen) atoms. The first-order valence-corrected chi connectivity index (χ1v) is 7.00. The lowest BCUT2D eigenvalue weighted by molar-refractivity contribution is -0.117. The fourth-order valence-corrected chi connectivity index (χ4v) is 2.34. The molecule has 0 atom stereocenters. The van der Waals surface area contributed by atoms with Gasteiger partial charge in [-0.3, -0.25) is 4.79 Å². The van der Waals surface area contributed by atoms with Gasteiger partial charge in [-0.2, -0.15) is 9.61 Å². The number of carbonyl (C=O) groups is 1. The van der Waals surface area contributed by atoms with E-state index in [4.69, 9.17) is 15.2 Å². The molecule has 0 aliphatic heterocycles. The van der Waals surface area contributed by atoms with Gasteiger partial charge in [-0.05, 0) is 24.1 Å². The Morgan fingerprint density at radius 3 is 2.83 bits per heavy atom. The summed E-state index contributed by atoms with van der Waals surface area (Å²) in [7, 11) is 1.56. The molecular weight excluding hydrogens is 296 g/mol. The second kappa shape index (κ2) is 5.96. The Balaban J connectivity index is 1.91. The molecule has 2 heterocycles. The van der Waals surface area contributed by atoms with Gasteiger partial charge in [-0.1, -0.05) is 12.1 Å². The van der Waals surface area contributed by atoms with Crippen molar-refractivity contribution in [2.45, 2.75) is 13.3 Å². The Kier molecular flexibility index (Phi) is 3.84. The average molecular weight is 312 g/mol. The lowest BCUT2D eigenvalue weighted by Crippen LogP contribution is -2.13. The van der Waals surface area contributed by atoms with E-state index in [9.17, 15) is 4.79 Å². The summed E-state index contributed by atoms with van der Waals surface area (Å²) in [5.41, 5.74) is 7.60. The van der Waals surface area contributed by atoms with Crippen LogP contribution in [0.4, 0.5) is 0 Å². The van der Waals surface area contributed by atoms with Gasteiger partial charge in [0.15, 0.2) is 5.65 Å². The first kappa shape index (κ1) is 14.8. The standard InChI is InChI=1S/C16H16N4O3/c1-10-5-11(6-14(17)21)3-4-13(10)23-12-7-15-18-9-19-20(15)16(8-12)22-2/h3-5,7-9H,6H2,1-2H3,(H2,17,21). The largest absolute Gasteiger partial charge is 0.481 e.